The van der Waals surface area contributed by atoms with E-state index in [9.17, 15) is 9.90 Å². The third kappa shape index (κ3) is 3.10. The van der Waals surface area contributed by atoms with Crippen molar-refractivity contribution in [2.24, 2.45) is 5.92 Å². The van der Waals surface area contributed by atoms with Crippen LogP contribution in [0.1, 0.15) is 56.0 Å². The van der Waals surface area contributed by atoms with Crippen LogP contribution in [-0.4, -0.2) is 56.3 Å². The maximum atomic E-state index is 12.4. The number of carbonyl (C=O) groups is 1. The Balaban J connectivity index is 1.38. The number of aliphatic hydroxyl groups excluding tert-OH is 1. The normalized spacial score (nSPS) is 22.7. The van der Waals surface area contributed by atoms with Crippen LogP contribution in [0.15, 0.2) is 0 Å². The monoisotopic (exact) mass is 346 g/mol. The summed E-state index contributed by atoms with van der Waals surface area (Å²) in [5.41, 5.74) is 3.39. The lowest BCUT2D eigenvalue weighted by molar-refractivity contribution is -0.139. The second kappa shape index (κ2) is 7.08. The molecule has 0 radical (unpaired) electrons. The number of piperidine rings is 1. The fourth-order valence-corrected chi connectivity index (χ4v) is 4.65. The van der Waals surface area contributed by atoms with Crippen molar-refractivity contribution < 1.29 is 9.90 Å². The number of aryl methyl sites for hydroxylation is 1. The van der Waals surface area contributed by atoms with E-state index in [0.717, 1.165) is 70.5 Å². The summed E-state index contributed by atoms with van der Waals surface area (Å²) in [6, 6.07) is 0.551. The fraction of sp³-hybridized carbons (Fsp3) is 0.789. The second-order valence-corrected chi connectivity index (χ2v) is 7.75. The molecular formula is C19H30N4O2. The Labute approximate surface area is 149 Å². The highest BCUT2D eigenvalue weighted by molar-refractivity contribution is 5.79. The molecule has 3 heterocycles. The van der Waals surface area contributed by atoms with Gasteiger partial charge in [-0.25, -0.2) is 0 Å². The van der Waals surface area contributed by atoms with Crippen LogP contribution in [0.25, 0.3) is 0 Å². The molecule has 2 fully saturated rings. The Morgan fingerprint density at radius 3 is 2.56 bits per heavy atom. The molecule has 6 nitrogen and oxygen atoms in total. The average molecular weight is 346 g/mol. The summed E-state index contributed by atoms with van der Waals surface area (Å²) < 4.78 is 2.05. The molecule has 1 N–H and O–H groups in total. The van der Waals surface area contributed by atoms with E-state index in [1.54, 1.807) is 0 Å². The molecule has 0 aromatic carbocycles. The third-order valence-corrected chi connectivity index (χ3v) is 6.44. The van der Waals surface area contributed by atoms with Crippen LogP contribution in [0.3, 0.4) is 0 Å². The molecule has 4 rings (SSSR count). The first-order valence-corrected chi connectivity index (χ1v) is 9.92. The van der Waals surface area contributed by atoms with E-state index >= 15 is 0 Å². The van der Waals surface area contributed by atoms with E-state index in [1.807, 2.05) is 0 Å². The summed E-state index contributed by atoms with van der Waals surface area (Å²) in [6.07, 6.45) is 6.57. The number of fused-ring (bicyclic) bond motifs is 1. The molecule has 1 saturated heterocycles. The number of aromatic nitrogens is 2. The highest BCUT2D eigenvalue weighted by Gasteiger charge is 2.34. The zero-order chi connectivity index (χ0) is 17.4. The highest BCUT2D eigenvalue weighted by atomic mass is 16.3. The number of likely N-dealkylation sites (tertiary alicyclic amines) is 1. The molecule has 1 aromatic rings. The van der Waals surface area contributed by atoms with E-state index in [4.69, 9.17) is 0 Å². The number of nitrogens with zero attached hydrogens (tertiary/aromatic N) is 4. The van der Waals surface area contributed by atoms with Crippen LogP contribution >= 0.6 is 0 Å². The van der Waals surface area contributed by atoms with Crippen molar-refractivity contribution in [1.82, 2.24) is 19.6 Å². The molecular weight excluding hydrogens is 316 g/mol. The maximum absolute atomic E-state index is 12.4. The molecule has 0 unspecified atom stereocenters. The van der Waals surface area contributed by atoms with Crippen LogP contribution in [0.5, 0.6) is 0 Å². The topological polar surface area (TPSA) is 61.6 Å². The van der Waals surface area contributed by atoms with Crippen LogP contribution in [-0.2, 0) is 30.9 Å². The summed E-state index contributed by atoms with van der Waals surface area (Å²) in [6.45, 7) is 6.77. The van der Waals surface area contributed by atoms with Crippen molar-refractivity contribution in [1.29, 1.82) is 0 Å². The zero-order valence-electron chi connectivity index (χ0n) is 15.3. The second-order valence-electron chi connectivity index (χ2n) is 7.75. The summed E-state index contributed by atoms with van der Waals surface area (Å²) in [5, 5.41) is 14.2. The van der Waals surface area contributed by atoms with Crippen LogP contribution in [0.2, 0.25) is 0 Å². The van der Waals surface area contributed by atoms with E-state index < -0.39 is 0 Å². The van der Waals surface area contributed by atoms with E-state index in [-0.39, 0.29) is 6.61 Å². The van der Waals surface area contributed by atoms with Crippen molar-refractivity contribution in [2.75, 3.05) is 19.6 Å². The number of carbonyl (C=O) groups excluding carboxylic acids is 1. The minimum atomic E-state index is 0.0253. The molecule has 0 atom stereocenters. The van der Waals surface area contributed by atoms with E-state index in [0.29, 0.717) is 17.9 Å². The Bertz CT molecular complexity index is 630. The summed E-state index contributed by atoms with van der Waals surface area (Å²) >= 11 is 0. The number of aliphatic hydroxyl groups is 1. The van der Waals surface area contributed by atoms with Crippen molar-refractivity contribution in [3.63, 3.8) is 0 Å². The molecule has 0 spiro atoms. The van der Waals surface area contributed by atoms with Gasteiger partial charge in [-0.3, -0.25) is 14.4 Å². The van der Waals surface area contributed by atoms with Crippen molar-refractivity contribution in [2.45, 2.75) is 71.2 Å². The lowest BCUT2D eigenvalue weighted by Gasteiger charge is -2.41. The lowest BCUT2D eigenvalue weighted by atomic mass is 9.84. The van der Waals surface area contributed by atoms with Gasteiger partial charge in [-0.15, -0.1) is 0 Å². The number of hydrogen-bond acceptors (Lipinski definition) is 4. The largest absolute Gasteiger partial charge is 0.390 e. The van der Waals surface area contributed by atoms with Gasteiger partial charge in [-0.2, -0.15) is 5.10 Å². The number of hydrogen-bond donors (Lipinski definition) is 1. The molecule has 138 valence electrons. The van der Waals surface area contributed by atoms with Gasteiger partial charge in [0.2, 0.25) is 5.91 Å². The molecule has 0 bridgehead atoms. The van der Waals surface area contributed by atoms with Gasteiger partial charge in [0, 0.05) is 62.4 Å². The Hall–Kier alpha value is -1.40. The van der Waals surface area contributed by atoms with Gasteiger partial charge in [0.1, 0.15) is 0 Å². The van der Waals surface area contributed by atoms with Crippen molar-refractivity contribution >= 4 is 5.91 Å². The Morgan fingerprint density at radius 2 is 1.96 bits per heavy atom. The molecule has 6 heteroatoms. The van der Waals surface area contributed by atoms with Gasteiger partial charge in [-0.05, 0) is 32.6 Å². The number of rotatable bonds is 4. The first kappa shape index (κ1) is 17.0. The molecule has 1 saturated carbocycles. The first-order chi connectivity index (χ1) is 12.2. The van der Waals surface area contributed by atoms with Gasteiger partial charge < -0.3 is 10.0 Å². The van der Waals surface area contributed by atoms with Crippen molar-refractivity contribution in [3.05, 3.63) is 17.0 Å². The Morgan fingerprint density at radius 1 is 1.20 bits per heavy atom. The molecule has 25 heavy (non-hydrogen) atoms. The minimum Gasteiger partial charge on any atom is -0.390 e. The van der Waals surface area contributed by atoms with Gasteiger partial charge in [0.25, 0.3) is 0 Å². The summed E-state index contributed by atoms with van der Waals surface area (Å²) in [7, 11) is 0. The van der Waals surface area contributed by atoms with E-state index in [2.05, 4.69) is 26.5 Å². The highest BCUT2D eigenvalue weighted by Crippen LogP contribution is 2.31. The summed E-state index contributed by atoms with van der Waals surface area (Å²) in [5.74, 6) is 0.721. The molecule has 1 aliphatic carbocycles. The smallest absolute Gasteiger partial charge is 0.225 e. The van der Waals surface area contributed by atoms with Crippen LogP contribution in [0.4, 0.5) is 0 Å². The fourth-order valence-electron chi connectivity index (χ4n) is 4.65. The average Bonchev–Trinajstić information content (AvgIpc) is 2.97. The van der Waals surface area contributed by atoms with Gasteiger partial charge in [0.05, 0.1) is 12.3 Å². The predicted molar refractivity (Wildman–Crippen MR) is 94.9 cm³/mol. The van der Waals surface area contributed by atoms with Crippen LogP contribution in [0, 0.1) is 5.92 Å². The zero-order valence-corrected chi connectivity index (χ0v) is 15.3. The lowest BCUT2D eigenvalue weighted by Crippen LogP contribution is -2.50. The SMILES string of the molecule is CCn1nc(CO)c2c1CCN(C1CCN(C(=O)C3CCC3)CC1)C2. The third-order valence-electron chi connectivity index (χ3n) is 6.44. The van der Waals surface area contributed by atoms with Crippen LogP contribution < -0.4 is 0 Å². The minimum absolute atomic E-state index is 0.0253. The molecule has 1 aromatic heterocycles. The molecule has 2 aliphatic heterocycles. The summed E-state index contributed by atoms with van der Waals surface area (Å²) in [4.78, 5) is 17.1. The predicted octanol–water partition coefficient (Wildman–Crippen LogP) is 1.54. The standard InChI is InChI=1S/C19H30N4O2/c1-2-23-18-8-11-22(12-16(18)17(13-24)20-23)15-6-9-21(10-7-15)19(25)14-4-3-5-14/h14-15,24H,2-13H2,1H3. The molecule has 1 amide bonds. The number of amides is 1. The quantitative estimate of drug-likeness (QED) is 0.898. The van der Waals surface area contributed by atoms with Gasteiger partial charge >= 0.3 is 0 Å². The molecule has 3 aliphatic rings. The first-order valence-electron chi connectivity index (χ1n) is 9.92. The van der Waals surface area contributed by atoms with Gasteiger partial charge in [-0.1, -0.05) is 6.42 Å². The van der Waals surface area contributed by atoms with E-state index in [1.165, 1.54) is 17.7 Å². The van der Waals surface area contributed by atoms with Crippen molar-refractivity contribution in [3.8, 4) is 0 Å². The maximum Gasteiger partial charge on any atom is 0.225 e. The van der Waals surface area contributed by atoms with Gasteiger partial charge in [0.15, 0.2) is 0 Å². The Kier molecular flexibility index (Phi) is 4.82.